The molecule has 0 spiro atoms. The molecule has 0 radical (unpaired) electrons. The van der Waals surface area contributed by atoms with Gasteiger partial charge >= 0.3 is 0 Å². The van der Waals surface area contributed by atoms with Crippen LogP contribution in [0.1, 0.15) is 13.1 Å². The van der Waals surface area contributed by atoms with Crippen molar-refractivity contribution < 1.29 is 4.39 Å². The highest BCUT2D eigenvalue weighted by atomic mass is 35.5. The summed E-state index contributed by atoms with van der Waals surface area (Å²) in [5.41, 5.74) is 5.12. The van der Waals surface area contributed by atoms with E-state index in [1.54, 1.807) is 6.92 Å². The Labute approximate surface area is 95.5 Å². The Balaban J connectivity index is 2.95. The van der Waals surface area contributed by atoms with Crippen molar-refractivity contribution in [2.75, 3.05) is 0 Å². The van der Waals surface area contributed by atoms with E-state index in [2.05, 4.69) is 4.98 Å². The summed E-state index contributed by atoms with van der Waals surface area (Å²) in [5.74, 6) is -0.576. The van der Waals surface area contributed by atoms with Crippen molar-refractivity contribution in [3.8, 4) is 0 Å². The summed E-state index contributed by atoms with van der Waals surface area (Å²) in [4.78, 5) is 15.8. The van der Waals surface area contributed by atoms with E-state index >= 15 is 0 Å². The van der Waals surface area contributed by atoms with Crippen LogP contribution in [0.2, 0.25) is 5.28 Å². The van der Waals surface area contributed by atoms with Gasteiger partial charge in [0.05, 0.1) is 11.6 Å². The maximum absolute atomic E-state index is 13.4. The van der Waals surface area contributed by atoms with Gasteiger partial charge in [-0.05, 0) is 30.7 Å². The summed E-state index contributed by atoms with van der Waals surface area (Å²) in [6.45, 7) is 1.60. The minimum Gasteiger partial charge on any atom is -0.311 e. The molecule has 0 aliphatic carbocycles. The largest absolute Gasteiger partial charge is 0.311 e. The lowest BCUT2D eigenvalue weighted by Crippen LogP contribution is -2.29. The molecule has 6 heteroatoms. The van der Waals surface area contributed by atoms with Gasteiger partial charge in [-0.25, -0.2) is 9.37 Å². The van der Waals surface area contributed by atoms with Crippen LogP contribution < -0.4 is 11.3 Å². The van der Waals surface area contributed by atoms with Gasteiger partial charge in [0.25, 0.3) is 5.56 Å². The fourth-order valence-corrected chi connectivity index (χ4v) is 1.83. The fourth-order valence-electron chi connectivity index (χ4n) is 1.51. The molecule has 84 valence electrons. The van der Waals surface area contributed by atoms with E-state index in [-0.39, 0.29) is 16.2 Å². The van der Waals surface area contributed by atoms with E-state index in [9.17, 15) is 9.18 Å². The molecule has 0 bridgehead atoms. The summed E-state index contributed by atoms with van der Waals surface area (Å²) in [7, 11) is 0. The molecule has 0 saturated carbocycles. The SMILES string of the molecule is CC(N)n1c(Cl)nc2c(F)cccc2c1=O. The van der Waals surface area contributed by atoms with Crippen molar-refractivity contribution in [3.63, 3.8) is 0 Å². The van der Waals surface area contributed by atoms with Crippen LogP contribution in [-0.2, 0) is 0 Å². The third-order valence-corrected chi connectivity index (χ3v) is 2.51. The van der Waals surface area contributed by atoms with E-state index < -0.39 is 17.5 Å². The monoisotopic (exact) mass is 241 g/mol. The molecule has 2 aromatic rings. The first-order valence-corrected chi connectivity index (χ1v) is 5.02. The summed E-state index contributed by atoms with van der Waals surface area (Å²) < 4.78 is 14.5. The highest BCUT2D eigenvalue weighted by molar-refractivity contribution is 6.28. The summed E-state index contributed by atoms with van der Waals surface area (Å²) in [6.07, 6.45) is -0.611. The first-order chi connectivity index (χ1) is 7.52. The number of benzene rings is 1. The lowest BCUT2D eigenvalue weighted by atomic mass is 10.2. The predicted molar refractivity (Wildman–Crippen MR) is 59.9 cm³/mol. The Hall–Kier alpha value is -1.46. The average molecular weight is 242 g/mol. The minimum absolute atomic E-state index is 0.0330. The van der Waals surface area contributed by atoms with Gasteiger partial charge in [0.15, 0.2) is 0 Å². The molecule has 2 rings (SSSR count). The van der Waals surface area contributed by atoms with E-state index in [0.717, 1.165) is 4.57 Å². The van der Waals surface area contributed by atoms with E-state index in [1.165, 1.54) is 18.2 Å². The number of hydrogen-bond acceptors (Lipinski definition) is 3. The topological polar surface area (TPSA) is 60.9 Å². The zero-order valence-corrected chi connectivity index (χ0v) is 9.20. The van der Waals surface area contributed by atoms with Crippen LogP contribution in [-0.4, -0.2) is 9.55 Å². The Morgan fingerprint density at radius 3 is 2.88 bits per heavy atom. The number of rotatable bonds is 1. The lowest BCUT2D eigenvalue weighted by molar-refractivity contribution is 0.546. The third-order valence-electron chi connectivity index (χ3n) is 2.25. The van der Waals surface area contributed by atoms with E-state index in [4.69, 9.17) is 17.3 Å². The number of aromatic nitrogens is 2. The zero-order valence-electron chi connectivity index (χ0n) is 8.45. The molecule has 1 heterocycles. The van der Waals surface area contributed by atoms with Crippen LogP contribution in [0.5, 0.6) is 0 Å². The minimum atomic E-state index is -0.611. The van der Waals surface area contributed by atoms with Crippen LogP contribution >= 0.6 is 11.6 Å². The lowest BCUT2D eigenvalue weighted by Gasteiger charge is -2.12. The van der Waals surface area contributed by atoms with Crippen molar-refractivity contribution in [1.29, 1.82) is 0 Å². The van der Waals surface area contributed by atoms with Crippen LogP contribution in [0.4, 0.5) is 4.39 Å². The van der Waals surface area contributed by atoms with Crippen LogP contribution in [0.3, 0.4) is 0 Å². The maximum atomic E-state index is 13.4. The molecule has 2 N–H and O–H groups in total. The smallest absolute Gasteiger partial charge is 0.263 e. The van der Waals surface area contributed by atoms with Crippen molar-refractivity contribution in [1.82, 2.24) is 9.55 Å². The standard InChI is InChI=1S/C10H9ClFN3O/c1-5(13)15-9(16)6-3-2-4-7(12)8(6)14-10(15)11/h2-5H,13H2,1H3. The molecular weight excluding hydrogens is 233 g/mol. The van der Waals surface area contributed by atoms with Gasteiger partial charge in [-0.15, -0.1) is 0 Å². The fraction of sp³-hybridized carbons (Fsp3) is 0.200. The summed E-state index contributed by atoms with van der Waals surface area (Å²) >= 11 is 5.78. The molecule has 0 fully saturated rings. The third kappa shape index (κ3) is 1.58. The van der Waals surface area contributed by atoms with Crippen LogP contribution in [0.25, 0.3) is 10.9 Å². The van der Waals surface area contributed by atoms with Crippen molar-refractivity contribution in [3.05, 3.63) is 39.7 Å². The number of para-hydroxylation sites is 1. The van der Waals surface area contributed by atoms with Crippen LogP contribution in [0, 0.1) is 5.82 Å². The average Bonchev–Trinajstić information content (AvgIpc) is 2.19. The molecule has 0 amide bonds. The van der Waals surface area contributed by atoms with Gasteiger partial charge < -0.3 is 5.73 Å². The number of nitrogens with zero attached hydrogens (tertiary/aromatic N) is 2. The molecule has 1 aromatic heterocycles. The Bertz CT molecular complexity index is 609. The number of fused-ring (bicyclic) bond motifs is 1. The molecule has 0 saturated heterocycles. The van der Waals surface area contributed by atoms with Crippen LogP contribution in [0.15, 0.2) is 23.0 Å². The molecule has 4 nitrogen and oxygen atoms in total. The molecule has 16 heavy (non-hydrogen) atoms. The zero-order chi connectivity index (χ0) is 11.9. The summed E-state index contributed by atoms with van der Waals surface area (Å²) in [5, 5.41) is 0.0549. The van der Waals surface area contributed by atoms with Gasteiger partial charge in [0.1, 0.15) is 11.3 Å². The molecule has 0 aliphatic rings. The Morgan fingerprint density at radius 1 is 1.56 bits per heavy atom. The maximum Gasteiger partial charge on any atom is 0.263 e. The van der Waals surface area contributed by atoms with E-state index in [1.807, 2.05) is 0 Å². The molecule has 0 aliphatic heterocycles. The van der Waals surface area contributed by atoms with Crippen molar-refractivity contribution >= 4 is 22.5 Å². The van der Waals surface area contributed by atoms with Gasteiger partial charge in [-0.3, -0.25) is 9.36 Å². The normalized spacial score (nSPS) is 13.0. The first kappa shape index (κ1) is 11.0. The van der Waals surface area contributed by atoms with Gasteiger partial charge in [-0.1, -0.05) is 6.07 Å². The van der Waals surface area contributed by atoms with Gasteiger partial charge in [-0.2, -0.15) is 0 Å². The predicted octanol–water partition coefficient (Wildman–Crippen LogP) is 1.67. The highest BCUT2D eigenvalue weighted by Gasteiger charge is 2.13. The quantitative estimate of drug-likeness (QED) is 0.773. The highest BCUT2D eigenvalue weighted by Crippen LogP contribution is 2.16. The molecule has 1 aromatic carbocycles. The second-order valence-corrected chi connectivity index (χ2v) is 3.77. The molecule has 1 unspecified atom stereocenters. The van der Waals surface area contributed by atoms with Crippen molar-refractivity contribution in [2.45, 2.75) is 13.1 Å². The molecular formula is C10H9ClFN3O. The van der Waals surface area contributed by atoms with E-state index in [0.29, 0.717) is 0 Å². The molecule has 1 atom stereocenters. The van der Waals surface area contributed by atoms with Gasteiger partial charge in [0.2, 0.25) is 5.28 Å². The number of hydrogen-bond donors (Lipinski definition) is 1. The first-order valence-electron chi connectivity index (χ1n) is 4.64. The number of halogens is 2. The summed E-state index contributed by atoms with van der Waals surface area (Å²) in [6, 6.07) is 4.16. The number of nitrogens with two attached hydrogens (primary N) is 1. The second-order valence-electron chi connectivity index (χ2n) is 3.43. The van der Waals surface area contributed by atoms with Crippen molar-refractivity contribution in [2.24, 2.45) is 5.73 Å². The second kappa shape index (κ2) is 3.84. The Kier molecular flexibility index (Phi) is 2.65. The van der Waals surface area contributed by atoms with Gasteiger partial charge in [0, 0.05) is 0 Å². The Morgan fingerprint density at radius 2 is 2.25 bits per heavy atom.